The first-order chi connectivity index (χ1) is 10.6. The Morgan fingerprint density at radius 1 is 1.14 bits per heavy atom. The van der Waals surface area contributed by atoms with Gasteiger partial charge in [0, 0.05) is 37.9 Å². The van der Waals surface area contributed by atoms with Gasteiger partial charge in [0.1, 0.15) is 17.7 Å². The maximum atomic E-state index is 12.9. The number of carbonyl (C=O) groups excluding carboxylic acids is 1. The van der Waals surface area contributed by atoms with Crippen LogP contribution in [0.2, 0.25) is 0 Å². The van der Waals surface area contributed by atoms with Crippen LogP contribution < -0.4 is 10.5 Å². The van der Waals surface area contributed by atoms with Crippen LogP contribution in [0.3, 0.4) is 0 Å². The quantitative estimate of drug-likeness (QED) is 0.932. The molecule has 1 heterocycles. The van der Waals surface area contributed by atoms with Gasteiger partial charge in [-0.2, -0.15) is 0 Å². The fourth-order valence-electron chi connectivity index (χ4n) is 3.40. The second kappa shape index (κ2) is 6.65. The van der Waals surface area contributed by atoms with E-state index in [9.17, 15) is 9.18 Å². The van der Waals surface area contributed by atoms with Crippen LogP contribution in [0.5, 0.6) is 5.75 Å². The van der Waals surface area contributed by atoms with Gasteiger partial charge in [-0.25, -0.2) is 4.39 Å². The van der Waals surface area contributed by atoms with Gasteiger partial charge in [0.25, 0.3) is 0 Å². The minimum atomic E-state index is -0.262. The van der Waals surface area contributed by atoms with Crippen LogP contribution in [0.25, 0.3) is 0 Å². The number of halogens is 1. The van der Waals surface area contributed by atoms with E-state index in [0.29, 0.717) is 5.75 Å². The number of benzene rings is 1. The monoisotopic (exact) mass is 306 g/mol. The van der Waals surface area contributed by atoms with Gasteiger partial charge in [0.05, 0.1) is 0 Å². The molecule has 1 amide bonds. The fraction of sp³-hybridized carbons (Fsp3) is 0.588. The molecule has 22 heavy (non-hydrogen) atoms. The molecule has 1 aromatic carbocycles. The predicted octanol–water partition coefficient (Wildman–Crippen LogP) is 2.32. The van der Waals surface area contributed by atoms with Crippen molar-refractivity contribution in [3.63, 3.8) is 0 Å². The molecular formula is C17H23FN2O2. The molecule has 0 unspecified atom stereocenters. The van der Waals surface area contributed by atoms with Crippen molar-refractivity contribution >= 4 is 5.91 Å². The molecule has 0 radical (unpaired) electrons. The van der Waals surface area contributed by atoms with E-state index in [2.05, 4.69) is 0 Å². The molecule has 0 spiro atoms. The first kappa shape index (κ1) is 15.3. The van der Waals surface area contributed by atoms with Gasteiger partial charge in [-0.15, -0.1) is 0 Å². The van der Waals surface area contributed by atoms with E-state index in [4.69, 9.17) is 10.5 Å². The number of carbonyl (C=O) groups is 1. The van der Waals surface area contributed by atoms with Gasteiger partial charge < -0.3 is 15.4 Å². The van der Waals surface area contributed by atoms with Gasteiger partial charge in [-0.3, -0.25) is 4.79 Å². The zero-order chi connectivity index (χ0) is 15.5. The Labute approximate surface area is 130 Å². The zero-order valence-electron chi connectivity index (χ0n) is 12.7. The third kappa shape index (κ3) is 3.58. The summed E-state index contributed by atoms with van der Waals surface area (Å²) in [5, 5.41) is 0. The summed E-state index contributed by atoms with van der Waals surface area (Å²) in [6.45, 7) is 1.47. The summed E-state index contributed by atoms with van der Waals surface area (Å²) in [5.41, 5.74) is 5.89. The van der Waals surface area contributed by atoms with Gasteiger partial charge in [0.2, 0.25) is 5.91 Å². The van der Waals surface area contributed by atoms with Crippen LogP contribution in [0.15, 0.2) is 24.3 Å². The van der Waals surface area contributed by atoms with Crippen molar-refractivity contribution in [2.24, 2.45) is 11.7 Å². The molecule has 2 aliphatic rings. The highest BCUT2D eigenvalue weighted by Gasteiger charge is 2.33. The lowest BCUT2D eigenvalue weighted by Crippen LogP contribution is -2.44. The van der Waals surface area contributed by atoms with Crippen LogP contribution in [0.1, 0.15) is 32.1 Å². The van der Waals surface area contributed by atoms with E-state index in [-0.39, 0.29) is 29.8 Å². The normalized spacial score (nSPS) is 26.2. The Morgan fingerprint density at radius 2 is 1.82 bits per heavy atom. The highest BCUT2D eigenvalue weighted by molar-refractivity contribution is 5.79. The smallest absolute Gasteiger partial charge is 0.225 e. The molecule has 0 aromatic heterocycles. The summed E-state index contributed by atoms with van der Waals surface area (Å²) in [6.07, 6.45) is 4.45. The average Bonchev–Trinajstić information content (AvgIpc) is 2.96. The van der Waals surface area contributed by atoms with Crippen molar-refractivity contribution in [2.75, 3.05) is 13.1 Å². The summed E-state index contributed by atoms with van der Waals surface area (Å²) < 4.78 is 18.7. The molecule has 2 atom stereocenters. The van der Waals surface area contributed by atoms with E-state index in [1.54, 1.807) is 12.1 Å². The molecule has 1 aliphatic heterocycles. The Bertz CT molecular complexity index is 512. The first-order valence-electron chi connectivity index (χ1n) is 8.08. The number of ether oxygens (including phenoxy) is 1. The number of hydrogen-bond donors (Lipinski definition) is 1. The lowest BCUT2D eigenvalue weighted by molar-refractivity contribution is -0.137. The molecule has 1 aliphatic carbocycles. The number of nitrogens with zero attached hydrogens (tertiary/aromatic N) is 1. The third-order valence-corrected chi connectivity index (χ3v) is 4.69. The molecule has 1 saturated heterocycles. The summed E-state index contributed by atoms with van der Waals surface area (Å²) in [7, 11) is 0. The largest absolute Gasteiger partial charge is 0.490 e. The van der Waals surface area contributed by atoms with E-state index >= 15 is 0 Å². The maximum Gasteiger partial charge on any atom is 0.225 e. The maximum absolute atomic E-state index is 12.9. The number of rotatable bonds is 3. The Morgan fingerprint density at radius 3 is 2.41 bits per heavy atom. The van der Waals surface area contributed by atoms with Crippen molar-refractivity contribution < 1.29 is 13.9 Å². The van der Waals surface area contributed by atoms with E-state index < -0.39 is 0 Å². The SMILES string of the molecule is N[C@H]1CC[C@H](C(=O)N2CCC(Oc3ccc(F)cc3)CC2)C1. The number of hydrogen-bond acceptors (Lipinski definition) is 3. The number of piperidine rings is 1. The highest BCUT2D eigenvalue weighted by atomic mass is 19.1. The standard InChI is InChI=1S/C17H23FN2O2/c18-13-2-5-15(6-3-13)22-16-7-9-20(10-8-16)17(21)12-1-4-14(19)11-12/h2-3,5-6,12,14,16H,1,4,7-11,19H2/t12-,14-/m0/s1. The molecule has 120 valence electrons. The van der Waals surface area contributed by atoms with Gasteiger partial charge in [0.15, 0.2) is 0 Å². The number of likely N-dealkylation sites (tertiary alicyclic amines) is 1. The van der Waals surface area contributed by atoms with Crippen LogP contribution in [-0.2, 0) is 4.79 Å². The van der Waals surface area contributed by atoms with Crippen LogP contribution in [0, 0.1) is 11.7 Å². The van der Waals surface area contributed by atoms with Crippen molar-refractivity contribution in [1.82, 2.24) is 4.90 Å². The minimum absolute atomic E-state index is 0.0975. The molecular weight excluding hydrogens is 283 g/mol. The predicted molar refractivity (Wildman–Crippen MR) is 81.9 cm³/mol. The summed E-state index contributed by atoms with van der Waals surface area (Å²) >= 11 is 0. The molecule has 4 nitrogen and oxygen atoms in total. The van der Waals surface area contributed by atoms with Crippen LogP contribution in [0.4, 0.5) is 4.39 Å². The van der Waals surface area contributed by atoms with E-state index in [1.807, 2.05) is 4.90 Å². The molecule has 2 N–H and O–H groups in total. The first-order valence-corrected chi connectivity index (χ1v) is 8.08. The van der Waals surface area contributed by atoms with E-state index in [1.165, 1.54) is 12.1 Å². The van der Waals surface area contributed by atoms with Gasteiger partial charge in [-0.05, 0) is 43.5 Å². The fourth-order valence-corrected chi connectivity index (χ4v) is 3.40. The Kier molecular flexibility index (Phi) is 4.62. The number of amides is 1. The second-order valence-electron chi connectivity index (χ2n) is 6.37. The minimum Gasteiger partial charge on any atom is -0.490 e. The molecule has 3 rings (SSSR count). The average molecular weight is 306 g/mol. The molecule has 2 fully saturated rings. The second-order valence-corrected chi connectivity index (χ2v) is 6.37. The van der Waals surface area contributed by atoms with Crippen molar-refractivity contribution in [3.05, 3.63) is 30.1 Å². The summed E-state index contributed by atoms with van der Waals surface area (Å²) in [5.74, 6) is 0.799. The van der Waals surface area contributed by atoms with Gasteiger partial charge in [-0.1, -0.05) is 0 Å². The Balaban J connectivity index is 1.48. The lowest BCUT2D eigenvalue weighted by atomic mass is 10.0. The lowest BCUT2D eigenvalue weighted by Gasteiger charge is -2.33. The van der Waals surface area contributed by atoms with Crippen molar-refractivity contribution in [3.8, 4) is 5.75 Å². The molecule has 1 aromatic rings. The van der Waals surface area contributed by atoms with Crippen LogP contribution in [-0.4, -0.2) is 36.0 Å². The Hall–Kier alpha value is -1.62. The molecule has 1 saturated carbocycles. The number of nitrogens with two attached hydrogens (primary N) is 1. The summed E-state index contributed by atoms with van der Waals surface area (Å²) in [4.78, 5) is 14.4. The van der Waals surface area contributed by atoms with E-state index in [0.717, 1.165) is 45.2 Å². The van der Waals surface area contributed by atoms with Crippen molar-refractivity contribution in [2.45, 2.75) is 44.2 Å². The topological polar surface area (TPSA) is 55.6 Å². The third-order valence-electron chi connectivity index (χ3n) is 4.69. The van der Waals surface area contributed by atoms with Crippen LogP contribution >= 0.6 is 0 Å². The highest BCUT2D eigenvalue weighted by Crippen LogP contribution is 2.28. The summed E-state index contributed by atoms with van der Waals surface area (Å²) in [6, 6.07) is 6.28. The van der Waals surface area contributed by atoms with Gasteiger partial charge >= 0.3 is 0 Å². The molecule has 5 heteroatoms. The zero-order valence-corrected chi connectivity index (χ0v) is 12.7. The molecule has 0 bridgehead atoms. The van der Waals surface area contributed by atoms with Crippen molar-refractivity contribution in [1.29, 1.82) is 0 Å².